The number of fused-ring (bicyclic) bond motifs is 20. The minimum Gasteiger partial charge on any atom is -0.200 e. The maximum Gasteiger partial charge on any atom is 0.230 e. The largest absolute Gasteiger partial charge is 0.230 e. The third kappa shape index (κ3) is 11.4. The second kappa shape index (κ2) is 26.5. The molecule has 0 unspecified atom stereocenters. The first kappa shape index (κ1) is 65.5. The Labute approximate surface area is 616 Å². The van der Waals surface area contributed by atoms with Gasteiger partial charge in [-0.15, -0.1) is 45.3 Å². The van der Waals surface area contributed by atoms with Gasteiger partial charge in [-0.3, -0.25) is 0 Å². The molecule has 0 radical (unpaired) electrons. The van der Waals surface area contributed by atoms with Crippen molar-refractivity contribution >= 4 is 169 Å². The van der Waals surface area contributed by atoms with Gasteiger partial charge in [-0.1, -0.05) is 217 Å². The molecule has 0 atom stereocenters. The predicted octanol–water partition coefficient (Wildman–Crippen LogP) is 25.0. The molecule has 0 bridgehead atoms. The van der Waals surface area contributed by atoms with Crippen molar-refractivity contribution in [1.82, 2.24) is 0 Å². The fraction of sp³-hybridized carbons (Fsp3) is 0.116. The summed E-state index contributed by atoms with van der Waals surface area (Å²) in [6.45, 7) is 15.3. The number of hydrogen-bond acceptors (Lipinski definition) is 4. The molecule has 498 valence electrons. The third-order valence-electron chi connectivity index (χ3n) is 21.0. The van der Waals surface area contributed by atoms with Gasteiger partial charge in [-0.25, -0.2) is 0 Å². The lowest BCUT2D eigenvalue weighted by molar-refractivity contribution is -0.659. The molecule has 8 aromatic heterocycles. The number of nitrogens with zero attached hydrogens (tertiary/aromatic N) is 4. The fourth-order valence-electron chi connectivity index (χ4n) is 15.8. The number of pyridine rings is 4. The summed E-state index contributed by atoms with van der Waals surface area (Å²) in [5, 5.41) is 21.5. The van der Waals surface area contributed by atoms with Gasteiger partial charge in [-0.05, 0) is 138 Å². The van der Waals surface area contributed by atoms with Gasteiger partial charge in [0.2, 0.25) is 22.8 Å². The maximum atomic E-state index is 2.30. The summed E-state index contributed by atoms with van der Waals surface area (Å²) in [5.74, 6) is 0. The zero-order valence-corrected chi connectivity index (χ0v) is 63.2. The molecule has 0 saturated heterocycles. The Morgan fingerprint density at radius 1 is 0.214 bits per heavy atom. The first-order chi connectivity index (χ1) is 50.1. The summed E-state index contributed by atoms with van der Waals surface area (Å²) < 4.78 is 20.1. The van der Waals surface area contributed by atoms with Crippen molar-refractivity contribution in [2.75, 3.05) is 0 Å². The lowest BCUT2D eigenvalue weighted by Gasteiger charge is -2.07. The molecule has 0 spiro atoms. The molecule has 0 N–H and O–H groups in total. The van der Waals surface area contributed by atoms with Crippen molar-refractivity contribution < 1.29 is 18.3 Å². The molecule has 20 rings (SSSR count). The number of aromatic nitrogens is 4. The van der Waals surface area contributed by atoms with E-state index < -0.39 is 0 Å². The standard InChI is InChI=1S/3C24H20NS.C23H18NS/c1-15-8-4-6-10-18(15)22-24-21(16(2)14-25(22)3)20-13-12-17-9-5-7-11-19(17)23(20)26-24;1-15-8-10-18(16(2)14-15)22-24-21(12-13-25(22)3)20-11-9-17-6-4-5-7-19(17)23(20)26-24;1-15-8-10-19-17(14-15)9-11-20-21-12-13-25(3)22(24(21)26-23(19)20)18-7-5-4-6-16(18)2;1-15-7-3-5-9-17(15)21-23-20(13-14-24(21)2)19-12-11-16-8-4-6-10-18(16)22(19)25-23/h3*4-14H,1-3H3;3-14H,1-2H3/q4*+1. The van der Waals surface area contributed by atoms with Gasteiger partial charge in [0.05, 0.1) is 22.3 Å². The van der Waals surface area contributed by atoms with Crippen molar-refractivity contribution in [3.8, 4) is 45.0 Å². The minimum atomic E-state index is 1.31. The van der Waals surface area contributed by atoms with Crippen LogP contribution in [0, 0.1) is 48.5 Å². The lowest BCUT2D eigenvalue weighted by atomic mass is 10.0. The van der Waals surface area contributed by atoms with Crippen LogP contribution in [0.2, 0.25) is 0 Å². The number of benzene rings is 12. The summed E-state index contributed by atoms with van der Waals surface area (Å²) in [7, 11) is 8.60. The summed E-state index contributed by atoms with van der Waals surface area (Å²) in [6.07, 6.45) is 8.84. The van der Waals surface area contributed by atoms with E-state index in [0.29, 0.717) is 0 Å². The Balaban J connectivity index is 0.000000102. The van der Waals surface area contributed by atoms with Gasteiger partial charge in [0.15, 0.2) is 24.8 Å². The van der Waals surface area contributed by atoms with Crippen molar-refractivity contribution in [3.63, 3.8) is 0 Å². The third-order valence-corrected chi connectivity index (χ3v) is 26.0. The first-order valence-corrected chi connectivity index (χ1v) is 38.6. The maximum absolute atomic E-state index is 2.30. The van der Waals surface area contributed by atoms with Crippen LogP contribution in [0.25, 0.3) is 169 Å². The summed E-state index contributed by atoms with van der Waals surface area (Å²) in [6, 6.07) is 90.5. The van der Waals surface area contributed by atoms with Crippen molar-refractivity contribution in [1.29, 1.82) is 0 Å². The molecule has 8 heteroatoms. The van der Waals surface area contributed by atoms with Crippen LogP contribution in [0.15, 0.2) is 274 Å². The molecule has 103 heavy (non-hydrogen) atoms. The van der Waals surface area contributed by atoms with Crippen molar-refractivity contribution in [2.24, 2.45) is 28.2 Å². The van der Waals surface area contributed by atoms with Crippen LogP contribution in [-0.2, 0) is 28.2 Å². The van der Waals surface area contributed by atoms with E-state index in [9.17, 15) is 0 Å². The highest BCUT2D eigenvalue weighted by molar-refractivity contribution is 7.28. The summed E-state index contributed by atoms with van der Waals surface area (Å²) >= 11 is 7.68. The van der Waals surface area contributed by atoms with Crippen LogP contribution in [0.1, 0.15) is 38.9 Å². The Morgan fingerprint density at radius 3 is 0.951 bits per heavy atom. The highest BCUT2D eigenvalue weighted by atomic mass is 32.1. The number of hydrogen-bond donors (Lipinski definition) is 0. The monoisotopic (exact) mass is 1400 g/mol. The zero-order valence-electron chi connectivity index (χ0n) is 59.9. The zero-order chi connectivity index (χ0) is 70.5. The molecule has 0 saturated carbocycles. The van der Waals surface area contributed by atoms with Crippen LogP contribution < -0.4 is 18.3 Å². The van der Waals surface area contributed by atoms with E-state index in [0.717, 1.165) is 0 Å². The second-order valence-electron chi connectivity index (χ2n) is 27.9. The average Bonchev–Trinajstić information content (AvgIpc) is 1.61. The molecule has 0 aliphatic rings. The average molecular weight is 1400 g/mol. The van der Waals surface area contributed by atoms with Crippen molar-refractivity contribution in [3.05, 3.63) is 312 Å². The topological polar surface area (TPSA) is 15.5 Å². The summed E-state index contributed by atoms with van der Waals surface area (Å²) in [4.78, 5) is 0. The van der Waals surface area contributed by atoms with Gasteiger partial charge in [-0.2, -0.15) is 18.3 Å². The molecule has 0 fully saturated rings. The van der Waals surface area contributed by atoms with E-state index in [2.05, 4.69) is 368 Å². The highest BCUT2D eigenvalue weighted by Crippen LogP contribution is 2.47. The Kier molecular flexibility index (Phi) is 16.9. The van der Waals surface area contributed by atoms with Crippen LogP contribution in [0.5, 0.6) is 0 Å². The molecule has 0 aliphatic heterocycles. The number of rotatable bonds is 4. The van der Waals surface area contributed by atoms with E-state index in [1.165, 1.54) is 208 Å². The smallest absolute Gasteiger partial charge is 0.200 e. The summed E-state index contributed by atoms with van der Waals surface area (Å²) in [5.41, 5.74) is 19.7. The molecule has 0 aliphatic carbocycles. The molecular formula is C95H78N4S4+4. The van der Waals surface area contributed by atoms with Crippen molar-refractivity contribution in [2.45, 2.75) is 48.5 Å². The van der Waals surface area contributed by atoms with Gasteiger partial charge >= 0.3 is 0 Å². The predicted molar refractivity (Wildman–Crippen MR) is 447 cm³/mol. The van der Waals surface area contributed by atoms with Gasteiger partial charge in [0, 0.05) is 85.7 Å². The Bertz CT molecular complexity index is 6840. The lowest BCUT2D eigenvalue weighted by Crippen LogP contribution is -2.31. The molecular weight excluding hydrogens is 1330 g/mol. The van der Waals surface area contributed by atoms with Gasteiger partial charge in [0.1, 0.15) is 47.0 Å². The van der Waals surface area contributed by atoms with Crippen LogP contribution in [-0.4, -0.2) is 0 Å². The molecule has 8 heterocycles. The highest BCUT2D eigenvalue weighted by Gasteiger charge is 2.27. The van der Waals surface area contributed by atoms with E-state index >= 15 is 0 Å². The second-order valence-corrected chi connectivity index (χ2v) is 31.9. The fourth-order valence-corrected chi connectivity index (χ4v) is 21.6. The van der Waals surface area contributed by atoms with Crippen LogP contribution in [0.3, 0.4) is 0 Å². The Hall–Kier alpha value is -10.8. The van der Waals surface area contributed by atoms with Gasteiger partial charge < -0.3 is 0 Å². The quantitative estimate of drug-likeness (QED) is 0.156. The van der Waals surface area contributed by atoms with Crippen LogP contribution >= 0.6 is 45.3 Å². The first-order valence-electron chi connectivity index (χ1n) is 35.3. The normalized spacial score (nSPS) is 11.6. The van der Waals surface area contributed by atoms with E-state index in [1.54, 1.807) is 0 Å². The van der Waals surface area contributed by atoms with Gasteiger partial charge in [0.25, 0.3) is 0 Å². The minimum absolute atomic E-state index is 1.31. The molecule has 0 amide bonds. The molecule has 12 aromatic carbocycles. The van der Waals surface area contributed by atoms with E-state index in [1.807, 2.05) is 45.3 Å². The van der Waals surface area contributed by atoms with Crippen LogP contribution in [0.4, 0.5) is 0 Å². The SMILES string of the molecule is Cc1ccc(-c2c3sc4c5ccccc5ccc4c3cc[n+]2C)c(C)c1.Cc1ccc2c(ccc3c4cc[n+](C)c(-c5ccccc5C)c4sc23)c1.Cc1ccccc1-c1c2sc3c4ccccc4ccc3c2c(C)c[n+]1C.Cc1ccccc1-c1c2sc3c4ccccc4ccc3c2cc[n+]1C. The van der Waals surface area contributed by atoms with E-state index in [4.69, 9.17) is 0 Å². The molecule has 4 nitrogen and oxygen atoms in total. The number of aryl methyl sites for hydroxylation is 11. The molecule has 20 aromatic rings. The Morgan fingerprint density at radius 2 is 0.524 bits per heavy atom. The van der Waals surface area contributed by atoms with E-state index in [-0.39, 0.29) is 0 Å². The number of thiophene rings is 4.